The molecule has 1 aromatic heterocycles. The van der Waals surface area contributed by atoms with Crippen molar-refractivity contribution in [2.24, 2.45) is 0 Å². The van der Waals surface area contributed by atoms with Gasteiger partial charge in [-0.2, -0.15) is 0 Å². The van der Waals surface area contributed by atoms with Crippen LogP contribution in [0.15, 0.2) is 17.5 Å². The van der Waals surface area contributed by atoms with Crippen LogP contribution in [0.4, 0.5) is 4.79 Å². The molecule has 0 atom stereocenters. The van der Waals surface area contributed by atoms with Crippen LogP contribution in [-0.2, 0) is 16.1 Å². The molecule has 0 saturated carbocycles. The molecule has 7 heteroatoms. The van der Waals surface area contributed by atoms with Crippen LogP contribution in [-0.4, -0.2) is 34.5 Å². The Morgan fingerprint density at radius 3 is 2.57 bits per heavy atom. The van der Waals surface area contributed by atoms with Gasteiger partial charge in [-0.05, 0) is 31.2 Å². The van der Waals surface area contributed by atoms with Gasteiger partial charge < -0.3 is 10.0 Å². The normalized spacial score (nSPS) is 10.1. The van der Waals surface area contributed by atoms with Gasteiger partial charge in [0.25, 0.3) is 0 Å². The van der Waals surface area contributed by atoms with Crippen molar-refractivity contribution in [3.8, 4) is 0 Å². The van der Waals surface area contributed by atoms with Crippen molar-refractivity contribution >= 4 is 29.2 Å². The first kappa shape index (κ1) is 17.2. The van der Waals surface area contributed by atoms with E-state index in [-0.39, 0.29) is 18.7 Å². The smallest absolute Gasteiger partial charge is 0.324 e. The summed E-state index contributed by atoms with van der Waals surface area (Å²) in [5.74, 6) is -1.24. The highest BCUT2D eigenvalue weighted by Crippen LogP contribution is 2.11. The predicted octanol–water partition coefficient (Wildman–Crippen LogP) is 2.45. The lowest BCUT2D eigenvalue weighted by Gasteiger charge is -2.20. The first-order valence-corrected chi connectivity index (χ1v) is 7.73. The molecule has 0 radical (unpaired) electrons. The number of nitrogens with one attached hydrogen (secondary N) is 1. The molecule has 0 fully saturated rings. The fourth-order valence-corrected chi connectivity index (χ4v) is 2.46. The number of carboxylic acids is 1. The number of hydrogen-bond acceptors (Lipinski definition) is 4. The summed E-state index contributed by atoms with van der Waals surface area (Å²) in [5.41, 5.74) is 0. The minimum Gasteiger partial charge on any atom is -0.481 e. The summed E-state index contributed by atoms with van der Waals surface area (Å²) in [6, 6.07) is 3.45. The van der Waals surface area contributed by atoms with Gasteiger partial charge in [0.1, 0.15) is 0 Å². The van der Waals surface area contributed by atoms with Gasteiger partial charge in [0.2, 0.25) is 5.91 Å². The molecule has 0 aliphatic heterocycles. The largest absolute Gasteiger partial charge is 0.481 e. The SMILES string of the molecule is CCN(Cc1cccs1)C(=O)NC(=O)CCCCC(=O)O. The van der Waals surface area contributed by atoms with Crippen LogP contribution in [0.3, 0.4) is 0 Å². The minimum absolute atomic E-state index is 0.0424. The summed E-state index contributed by atoms with van der Waals surface area (Å²) < 4.78 is 0. The summed E-state index contributed by atoms with van der Waals surface area (Å²) in [7, 11) is 0. The minimum atomic E-state index is -0.875. The van der Waals surface area contributed by atoms with Crippen LogP contribution in [0.1, 0.15) is 37.5 Å². The highest BCUT2D eigenvalue weighted by molar-refractivity contribution is 7.09. The Morgan fingerprint density at radius 2 is 2.00 bits per heavy atom. The van der Waals surface area contributed by atoms with Crippen molar-refractivity contribution in [2.45, 2.75) is 39.2 Å². The van der Waals surface area contributed by atoms with E-state index in [1.54, 1.807) is 16.2 Å². The number of nitrogens with zero attached hydrogens (tertiary/aromatic N) is 1. The zero-order valence-corrected chi connectivity index (χ0v) is 12.8. The molecular formula is C14H20N2O4S. The highest BCUT2D eigenvalue weighted by Gasteiger charge is 2.15. The maximum atomic E-state index is 12.0. The van der Waals surface area contributed by atoms with Crippen LogP contribution in [0, 0.1) is 0 Å². The fraction of sp³-hybridized carbons (Fsp3) is 0.500. The molecule has 3 amide bonds. The van der Waals surface area contributed by atoms with Crippen molar-refractivity contribution in [2.75, 3.05) is 6.54 Å². The van der Waals surface area contributed by atoms with E-state index in [2.05, 4.69) is 5.32 Å². The first-order chi connectivity index (χ1) is 10.0. The van der Waals surface area contributed by atoms with E-state index in [4.69, 9.17) is 5.11 Å². The van der Waals surface area contributed by atoms with Gasteiger partial charge in [-0.25, -0.2) is 4.79 Å². The highest BCUT2D eigenvalue weighted by atomic mass is 32.1. The maximum absolute atomic E-state index is 12.0. The van der Waals surface area contributed by atoms with Crippen LogP contribution in [0.2, 0.25) is 0 Å². The van der Waals surface area contributed by atoms with Gasteiger partial charge in [-0.1, -0.05) is 6.07 Å². The van der Waals surface area contributed by atoms with Crippen LogP contribution < -0.4 is 5.32 Å². The van der Waals surface area contributed by atoms with E-state index < -0.39 is 12.0 Å². The second-order valence-corrected chi connectivity index (χ2v) is 5.58. The molecule has 0 unspecified atom stereocenters. The number of imide groups is 1. The lowest BCUT2D eigenvalue weighted by Crippen LogP contribution is -2.42. The van der Waals surface area contributed by atoms with E-state index >= 15 is 0 Å². The average molecular weight is 312 g/mol. The van der Waals surface area contributed by atoms with E-state index in [1.165, 1.54) is 0 Å². The Labute approximate surface area is 127 Å². The van der Waals surface area contributed by atoms with E-state index in [0.29, 0.717) is 25.9 Å². The average Bonchev–Trinajstić information content (AvgIpc) is 2.93. The second-order valence-electron chi connectivity index (χ2n) is 4.55. The van der Waals surface area contributed by atoms with Gasteiger partial charge in [0.05, 0.1) is 6.54 Å². The quantitative estimate of drug-likeness (QED) is 0.722. The maximum Gasteiger partial charge on any atom is 0.324 e. The molecule has 0 spiro atoms. The van der Waals surface area contributed by atoms with Gasteiger partial charge in [-0.3, -0.25) is 14.9 Å². The van der Waals surface area contributed by atoms with Crippen molar-refractivity contribution in [3.63, 3.8) is 0 Å². The number of rotatable bonds is 8. The van der Waals surface area contributed by atoms with Crippen LogP contribution in [0.5, 0.6) is 0 Å². The zero-order chi connectivity index (χ0) is 15.7. The Balaban J connectivity index is 2.32. The molecular weight excluding hydrogens is 292 g/mol. The number of unbranched alkanes of at least 4 members (excludes halogenated alkanes) is 1. The Kier molecular flexibility index (Phi) is 7.45. The van der Waals surface area contributed by atoms with Crippen LogP contribution in [0.25, 0.3) is 0 Å². The molecule has 0 bridgehead atoms. The molecule has 0 saturated heterocycles. The van der Waals surface area contributed by atoms with E-state index in [9.17, 15) is 14.4 Å². The fourth-order valence-electron chi connectivity index (χ4n) is 1.74. The number of carbonyl (C=O) groups is 3. The topological polar surface area (TPSA) is 86.7 Å². The molecule has 0 aliphatic rings. The summed E-state index contributed by atoms with van der Waals surface area (Å²) in [5, 5.41) is 12.8. The Bertz CT molecular complexity index is 473. The number of aliphatic carboxylic acids is 1. The number of amides is 3. The van der Waals surface area contributed by atoms with Gasteiger partial charge in [0, 0.05) is 24.3 Å². The van der Waals surface area contributed by atoms with E-state index in [1.807, 2.05) is 24.4 Å². The number of carboxylic acid groups (broad SMARTS) is 1. The van der Waals surface area contributed by atoms with Gasteiger partial charge in [-0.15, -0.1) is 11.3 Å². The monoisotopic (exact) mass is 312 g/mol. The summed E-state index contributed by atoms with van der Waals surface area (Å²) >= 11 is 1.56. The molecule has 1 heterocycles. The molecule has 0 aromatic carbocycles. The summed E-state index contributed by atoms with van der Waals surface area (Å²) in [6.45, 7) is 2.84. The molecule has 2 N–H and O–H groups in total. The molecule has 1 rings (SSSR count). The third-order valence-corrected chi connectivity index (χ3v) is 3.75. The number of urea groups is 1. The molecule has 0 aliphatic carbocycles. The standard InChI is InChI=1S/C14H20N2O4S/c1-2-16(10-11-6-5-9-21-11)14(20)15-12(17)7-3-4-8-13(18)19/h5-6,9H,2-4,7-8,10H2,1H3,(H,18,19)(H,15,17,20). The zero-order valence-electron chi connectivity index (χ0n) is 12.0. The third-order valence-electron chi connectivity index (χ3n) is 2.89. The van der Waals surface area contributed by atoms with E-state index in [0.717, 1.165) is 4.88 Å². The lowest BCUT2D eigenvalue weighted by molar-refractivity contribution is -0.137. The van der Waals surface area contributed by atoms with Crippen molar-refractivity contribution < 1.29 is 19.5 Å². The predicted molar refractivity (Wildman–Crippen MR) is 80.0 cm³/mol. The van der Waals surface area contributed by atoms with Crippen molar-refractivity contribution in [3.05, 3.63) is 22.4 Å². The Hall–Kier alpha value is -1.89. The molecule has 21 heavy (non-hydrogen) atoms. The molecule has 1 aromatic rings. The van der Waals surface area contributed by atoms with Gasteiger partial charge >= 0.3 is 12.0 Å². The summed E-state index contributed by atoms with van der Waals surface area (Å²) in [6.07, 6.45) is 1.10. The molecule has 116 valence electrons. The second kappa shape index (κ2) is 9.12. The first-order valence-electron chi connectivity index (χ1n) is 6.85. The van der Waals surface area contributed by atoms with Crippen molar-refractivity contribution in [1.82, 2.24) is 10.2 Å². The summed E-state index contributed by atoms with van der Waals surface area (Å²) in [4.78, 5) is 36.5. The van der Waals surface area contributed by atoms with Gasteiger partial charge in [0.15, 0.2) is 0 Å². The number of carbonyl (C=O) groups excluding carboxylic acids is 2. The Morgan fingerprint density at radius 1 is 1.29 bits per heavy atom. The third kappa shape index (κ3) is 6.89. The van der Waals surface area contributed by atoms with Crippen molar-refractivity contribution in [1.29, 1.82) is 0 Å². The number of thiophene rings is 1. The lowest BCUT2D eigenvalue weighted by atomic mass is 10.2. The molecule has 6 nitrogen and oxygen atoms in total. The van der Waals surface area contributed by atoms with Crippen LogP contribution >= 0.6 is 11.3 Å². The number of hydrogen-bond donors (Lipinski definition) is 2.